The third-order valence-corrected chi connectivity index (χ3v) is 8.05. The molecule has 1 unspecified atom stereocenters. The van der Waals surface area contributed by atoms with Gasteiger partial charge in [0.2, 0.25) is 5.91 Å². The molecule has 0 saturated carbocycles. The molecule has 0 aliphatic carbocycles. The van der Waals surface area contributed by atoms with Gasteiger partial charge < -0.3 is 9.47 Å². The number of alkyl halides is 4. The first-order chi connectivity index (χ1) is 21.4. The number of ether oxygens (including phenoxy) is 2. The molecule has 4 aromatic rings. The number of anilines is 1. The lowest BCUT2D eigenvalue weighted by Crippen LogP contribution is -2.31. The minimum atomic E-state index is -4.78. The molecule has 45 heavy (non-hydrogen) atoms. The Bertz CT molecular complexity index is 1730. The Morgan fingerprint density at radius 3 is 2.47 bits per heavy atom. The maximum Gasteiger partial charge on any atom is 0.573 e. The first-order valence-electron chi connectivity index (χ1n) is 13.4. The summed E-state index contributed by atoms with van der Waals surface area (Å²) in [7, 11) is 0. The first kappa shape index (κ1) is 32.3. The van der Waals surface area contributed by atoms with Crippen molar-refractivity contribution in [1.82, 2.24) is 14.8 Å². The van der Waals surface area contributed by atoms with Gasteiger partial charge in [-0.2, -0.15) is 4.99 Å². The van der Waals surface area contributed by atoms with Gasteiger partial charge >= 0.3 is 12.5 Å². The highest BCUT2D eigenvalue weighted by Crippen LogP contribution is 2.35. The van der Waals surface area contributed by atoms with Crippen molar-refractivity contribution in [1.29, 1.82) is 0 Å². The summed E-state index contributed by atoms with van der Waals surface area (Å²) in [5.74, 6) is 0.0268. The molecule has 3 aromatic carbocycles. The fourth-order valence-electron chi connectivity index (χ4n) is 4.39. The van der Waals surface area contributed by atoms with E-state index in [-0.39, 0.29) is 35.1 Å². The normalized spacial score (nSPS) is 15.2. The second-order valence-corrected chi connectivity index (χ2v) is 11.9. The average molecular weight is 679 g/mol. The molecule has 1 fully saturated rings. The average Bonchev–Trinajstić information content (AvgIpc) is 3.62. The summed E-state index contributed by atoms with van der Waals surface area (Å²) in [4.78, 5) is 35.0. The smallest absolute Gasteiger partial charge is 0.446 e. The molecular weight excluding hydrogens is 654 g/mol. The van der Waals surface area contributed by atoms with Crippen LogP contribution in [0.5, 0.6) is 5.75 Å². The molecule has 5 rings (SSSR count). The zero-order valence-electron chi connectivity index (χ0n) is 23.7. The van der Waals surface area contributed by atoms with Crippen LogP contribution in [0.4, 0.5) is 23.7 Å². The minimum Gasteiger partial charge on any atom is -0.446 e. The molecule has 234 valence electrons. The van der Waals surface area contributed by atoms with Gasteiger partial charge in [0.15, 0.2) is 11.0 Å². The Morgan fingerprint density at radius 1 is 1.09 bits per heavy atom. The van der Waals surface area contributed by atoms with E-state index in [1.807, 2.05) is 19.9 Å². The van der Waals surface area contributed by atoms with Crippen LogP contribution in [0, 0.1) is 0 Å². The van der Waals surface area contributed by atoms with Crippen molar-refractivity contribution >= 4 is 57.8 Å². The molecule has 2 amide bonds. The van der Waals surface area contributed by atoms with Crippen LogP contribution in [-0.4, -0.2) is 50.7 Å². The van der Waals surface area contributed by atoms with Gasteiger partial charge in [0.05, 0.1) is 22.5 Å². The van der Waals surface area contributed by atoms with E-state index in [1.165, 1.54) is 40.2 Å². The number of thioether (sulfide) groups is 1. The number of hydrogen-bond acceptors (Lipinski definition) is 7. The highest BCUT2D eigenvalue weighted by Gasteiger charge is 2.33. The van der Waals surface area contributed by atoms with E-state index in [0.717, 1.165) is 17.3 Å². The number of carbonyl (C=O) groups is 2. The van der Waals surface area contributed by atoms with Crippen LogP contribution in [0.2, 0.25) is 5.02 Å². The molecule has 0 N–H and O–H groups in total. The van der Waals surface area contributed by atoms with Crippen molar-refractivity contribution in [2.75, 3.05) is 17.3 Å². The second-order valence-electron chi connectivity index (χ2n) is 9.99. The van der Waals surface area contributed by atoms with Crippen LogP contribution < -0.4 is 9.64 Å². The predicted octanol–water partition coefficient (Wildman–Crippen LogP) is 8.16. The number of aliphatic imine (C=N–C) groups is 1. The van der Waals surface area contributed by atoms with Gasteiger partial charge in [-0.3, -0.25) is 9.69 Å². The van der Waals surface area contributed by atoms with E-state index in [4.69, 9.17) is 27.9 Å². The van der Waals surface area contributed by atoms with Crippen LogP contribution in [0.25, 0.3) is 17.1 Å². The number of hydrogen-bond donors (Lipinski definition) is 0. The van der Waals surface area contributed by atoms with Crippen molar-refractivity contribution in [3.63, 3.8) is 0 Å². The number of nitrogens with zero attached hydrogens (tertiary/aromatic N) is 5. The number of carbonyl (C=O) groups excluding carboxylic acids is 2. The molecule has 1 atom stereocenters. The number of amidine groups is 1. The standard InChI is InChI=1S/C30H24Cl2F3N5O4S/c1-17(2)23-12-7-20(31)13-25(23)40-26(41)15-45-28(40)37-29(42)43-14-24(32)18-3-5-19(6-4-18)27-36-16-39(38-27)21-8-10-22(11-9-21)44-30(33,34)35/h3-13,16-17,24H,14-15H2,1-2H3. The zero-order valence-corrected chi connectivity index (χ0v) is 26.0. The Morgan fingerprint density at radius 2 is 1.80 bits per heavy atom. The van der Waals surface area contributed by atoms with Crippen molar-refractivity contribution in [3.05, 3.63) is 89.2 Å². The third kappa shape index (κ3) is 7.96. The first-order valence-corrected chi connectivity index (χ1v) is 15.2. The van der Waals surface area contributed by atoms with E-state index in [1.54, 1.807) is 36.4 Å². The molecule has 0 spiro atoms. The molecule has 1 aliphatic rings. The largest absolute Gasteiger partial charge is 0.573 e. The van der Waals surface area contributed by atoms with E-state index in [0.29, 0.717) is 33.3 Å². The number of aromatic nitrogens is 3. The quantitative estimate of drug-likeness (QED) is 0.174. The maximum absolute atomic E-state index is 12.7. The number of amides is 2. The van der Waals surface area contributed by atoms with Crippen molar-refractivity contribution in [2.24, 2.45) is 4.99 Å². The Labute approximate surface area is 270 Å². The van der Waals surface area contributed by atoms with Crippen molar-refractivity contribution in [3.8, 4) is 22.8 Å². The zero-order chi connectivity index (χ0) is 32.3. The van der Waals surface area contributed by atoms with Gasteiger partial charge in [-0.05, 0) is 53.4 Å². The molecular formula is C30H24Cl2F3N5O4S. The van der Waals surface area contributed by atoms with Crippen LogP contribution in [0.3, 0.4) is 0 Å². The van der Waals surface area contributed by atoms with Crippen molar-refractivity contribution < 1.29 is 32.2 Å². The fraction of sp³-hybridized carbons (Fsp3) is 0.233. The van der Waals surface area contributed by atoms with Gasteiger partial charge in [-0.1, -0.05) is 67.5 Å². The summed E-state index contributed by atoms with van der Waals surface area (Å²) >= 11 is 13.8. The SMILES string of the molecule is CC(C)c1ccc(Cl)cc1N1C(=O)CSC1=NC(=O)OCC(Cl)c1ccc(-c2ncn(-c3ccc(OC(F)(F)F)cc3)n2)cc1. The summed E-state index contributed by atoms with van der Waals surface area (Å²) in [6, 6.07) is 17.4. The molecule has 0 bridgehead atoms. The summed E-state index contributed by atoms with van der Waals surface area (Å²) < 4.78 is 47.8. The summed E-state index contributed by atoms with van der Waals surface area (Å²) in [6.07, 6.45) is -4.23. The predicted molar refractivity (Wildman–Crippen MR) is 166 cm³/mol. The summed E-state index contributed by atoms with van der Waals surface area (Å²) in [5.41, 5.74) is 3.26. The molecule has 2 heterocycles. The van der Waals surface area contributed by atoms with E-state index >= 15 is 0 Å². The van der Waals surface area contributed by atoms with Gasteiger partial charge in [-0.25, -0.2) is 14.5 Å². The van der Waals surface area contributed by atoms with Crippen LogP contribution in [0.15, 0.2) is 78.0 Å². The maximum atomic E-state index is 12.7. The number of halogens is 5. The summed E-state index contributed by atoms with van der Waals surface area (Å²) in [5, 5.41) is 4.33. The monoisotopic (exact) mass is 677 g/mol. The van der Waals surface area contributed by atoms with Gasteiger partial charge in [0.1, 0.15) is 18.7 Å². The molecule has 0 radical (unpaired) electrons. The topological polar surface area (TPSA) is 98.9 Å². The molecule has 1 saturated heterocycles. The lowest BCUT2D eigenvalue weighted by Gasteiger charge is -2.21. The Kier molecular flexibility index (Phi) is 9.70. The number of rotatable bonds is 8. The van der Waals surface area contributed by atoms with Gasteiger partial charge in [0, 0.05) is 10.6 Å². The molecule has 9 nitrogen and oxygen atoms in total. The minimum absolute atomic E-state index is 0.0984. The molecule has 15 heteroatoms. The van der Waals surface area contributed by atoms with Crippen LogP contribution in [0.1, 0.15) is 36.3 Å². The highest BCUT2D eigenvalue weighted by molar-refractivity contribution is 8.15. The Hall–Kier alpha value is -4.07. The molecule has 1 aromatic heterocycles. The molecule has 1 aliphatic heterocycles. The second kappa shape index (κ2) is 13.5. The fourth-order valence-corrected chi connectivity index (χ4v) is 5.62. The Balaban J connectivity index is 1.20. The van der Waals surface area contributed by atoms with Crippen LogP contribution >= 0.6 is 35.0 Å². The van der Waals surface area contributed by atoms with Crippen LogP contribution in [-0.2, 0) is 9.53 Å². The lowest BCUT2D eigenvalue weighted by atomic mass is 10.0. The van der Waals surface area contributed by atoms with Crippen molar-refractivity contribution in [2.45, 2.75) is 31.5 Å². The highest BCUT2D eigenvalue weighted by atomic mass is 35.5. The van der Waals surface area contributed by atoms with E-state index in [9.17, 15) is 22.8 Å². The third-order valence-electron chi connectivity index (χ3n) is 6.52. The lowest BCUT2D eigenvalue weighted by molar-refractivity contribution is -0.274. The van der Waals surface area contributed by atoms with E-state index in [2.05, 4.69) is 19.8 Å². The van der Waals surface area contributed by atoms with Gasteiger partial charge in [0.25, 0.3) is 0 Å². The van der Waals surface area contributed by atoms with Gasteiger partial charge in [-0.15, -0.1) is 29.9 Å². The summed E-state index contributed by atoms with van der Waals surface area (Å²) in [6.45, 7) is 3.81. The number of benzene rings is 3. The van der Waals surface area contributed by atoms with E-state index < -0.39 is 17.8 Å².